The van der Waals surface area contributed by atoms with Crippen LogP contribution in [0.15, 0.2) is 0 Å². The van der Waals surface area contributed by atoms with Gasteiger partial charge < -0.3 is 5.11 Å². The summed E-state index contributed by atoms with van der Waals surface area (Å²) >= 11 is 0. The fourth-order valence-electron chi connectivity index (χ4n) is 0.730. The summed E-state index contributed by atoms with van der Waals surface area (Å²) in [5.74, 6) is -0.387. The lowest BCUT2D eigenvalue weighted by atomic mass is 9.79. The molecular formula is C8H16F2O. The average molecular weight is 166 g/mol. The quantitative estimate of drug-likeness (QED) is 0.667. The minimum Gasteiger partial charge on any atom is -0.387 e. The van der Waals surface area contributed by atoms with Crippen LogP contribution in [0.2, 0.25) is 0 Å². The highest BCUT2D eigenvalue weighted by Gasteiger charge is 2.32. The Morgan fingerprint density at radius 2 is 1.55 bits per heavy atom. The summed E-state index contributed by atoms with van der Waals surface area (Å²) < 4.78 is 23.9. The van der Waals surface area contributed by atoms with Gasteiger partial charge in [-0.25, -0.2) is 8.78 Å². The van der Waals surface area contributed by atoms with E-state index in [4.69, 9.17) is 5.11 Å². The first-order valence-corrected chi connectivity index (χ1v) is 3.73. The third-order valence-corrected chi connectivity index (χ3v) is 2.14. The van der Waals surface area contributed by atoms with Crippen LogP contribution in [0.4, 0.5) is 8.78 Å². The van der Waals surface area contributed by atoms with Gasteiger partial charge in [-0.1, -0.05) is 27.7 Å². The number of halogens is 2. The van der Waals surface area contributed by atoms with E-state index in [0.29, 0.717) is 0 Å². The van der Waals surface area contributed by atoms with Crippen molar-refractivity contribution < 1.29 is 13.9 Å². The lowest BCUT2D eigenvalue weighted by Crippen LogP contribution is -2.34. The molecular weight excluding hydrogens is 150 g/mol. The lowest BCUT2D eigenvalue weighted by Gasteiger charge is -2.30. The number of alkyl halides is 2. The second-order valence-electron chi connectivity index (χ2n) is 3.98. The van der Waals surface area contributed by atoms with Crippen LogP contribution in [-0.2, 0) is 0 Å². The van der Waals surface area contributed by atoms with Gasteiger partial charge in [0.15, 0.2) is 0 Å². The van der Waals surface area contributed by atoms with Crippen molar-refractivity contribution in [3.63, 3.8) is 0 Å². The largest absolute Gasteiger partial charge is 0.387 e. The first-order chi connectivity index (χ1) is 4.76. The van der Waals surface area contributed by atoms with Gasteiger partial charge in [-0.15, -0.1) is 0 Å². The molecule has 68 valence electrons. The maximum Gasteiger partial charge on any atom is 0.264 e. The SMILES string of the molecule is CC(C(O)C(F)F)C(C)(C)C. The second-order valence-corrected chi connectivity index (χ2v) is 3.98. The molecule has 3 heteroatoms. The highest BCUT2D eigenvalue weighted by atomic mass is 19.3. The summed E-state index contributed by atoms with van der Waals surface area (Å²) in [4.78, 5) is 0. The average Bonchev–Trinajstić information content (AvgIpc) is 1.82. The highest BCUT2D eigenvalue weighted by molar-refractivity contribution is 4.77. The number of hydrogen-bond donors (Lipinski definition) is 1. The van der Waals surface area contributed by atoms with E-state index < -0.39 is 12.5 Å². The Balaban J connectivity index is 4.13. The predicted molar refractivity (Wildman–Crippen MR) is 40.6 cm³/mol. The smallest absolute Gasteiger partial charge is 0.264 e. The lowest BCUT2D eigenvalue weighted by molar-refractivity contribution is -0.0609. The van der Waals surface area contributed by atoms with Crippen LogP contribution in [0.3, 0.4) is 0 Å². The van der Waals surface area contributed by atoms with Gasteiger partial charge in [0.05, 0.1) is 0 Å². The van der Waals surface area contributed by atoms with Crippen molar-refractivity contribution in [2.75, 3.05) is 0 Å². The molecule has 1 nitrogen and oxygen atoms in total. The zero-order valence-electron chi connectivity index (χ0n) is 7.44. The van der Waals surface area contributed by atoms with Gasteiger partial charge in [0.2, 0.25) is 0 Å². The first-order valence-electron chi connectivity index (χ1n) is 3.73. The Labute approximate surface area is 66.4 Å². The molecule has 0 fully saturated rings. The summed E-state index contributed by atoms with van der Waals surface area (Å²) in [5, 5.41) is 8.98. The van der Waals surface area contributed by atoms with Crippen molar-refractivity contribution in [1.29, 1.82) is 0 Å². The molecule has 0 saturated heterocycles. The maximum atomic E-state index is 12.0. The molecule has 0 spiro atoms. The van der Waals surface area contributed by atoms with E-state index in [1.54, 1.807) is 6.92 Å². The van der Waals surface area contributed by atoms with E-state index in [1.807, 2.05) is 20.8 Å². The summed E-state index contributed by atoms with van der Waals surface area (Å²) in [6, 6.07) is 0. The summed E-state index contributed by atoms with van der Waals surface area (Å²) in [5.41, 5.74) is -0.268. The van der Waals surface area contributed by atoms with Crippen LogP contribution < -0.4 is 0 Å². The summed E-state index contributed by atoms with van der Waals surface area (Å²) in [6.07, 6.45) is -4.14. The van der Waals surface area contributed by atoms with Crippen molar-refractivity contribution in [1.82, 2.24) is 0 Å². The molecule has 2 atom stereocenters. The Kier molecular flexibility index (Phi) is 3.42. The van der Waals surface area contributed by atoms with Gasteiger partial charge in [0.1, 0.15) is 6.10 Å². The van der Waals surface area contributed by atoms with E-state index in [1.165, 1.54) is 0 Å². The second kappa shape index (κ2) is 3.48. The maximum absolute atomic E-state index is 12.0. The Morgan fingerprint density at radius 3 is 1.64 bits per heavy atom. The van der Waals surface area contributed by atoms with Crippen LogP contribution in [0.5, 0.6) is 0 Å². The van der Waals surface area contributed by atoms with Crippen molar-refractivity contribution >= 4 is 0 Å². The molecule has 0 aliphatic rings. The summed E-state index contributed by atoms with van der Waals surface area (Å²) in [7, 11) is 0. The molecule has 0 aromatic carbocycles. The molecule has 0 saturated carbocycles. The van der Waals surface area contributed by atoms with Crippen LogP contribution in [-0.4, -0.2) is 17.6 Å². The molecule has 0 aliphatic heterocycles. The van der Waals surface area contributed by atoms with E-state index in [0.717, 1.165) is 0 Å². The first kappa shape index (κ1) is 10.8. The van der Waals surface area contributed by atoms with E-state index in [2.05, 4.69) is 0 Å². The fourth-order valence-corrected chi connectivity index (χ4v) is 0.730. The van der Waals surface area contributed by atoms with Crippen LogP contribution in [0, 0.1) is 11.3 Å². The van der Waals surface area contributed by atoms with Crippen LogP contribution in [0.25, 0.3) is 0 Å². The molecule has 0 amide bonds. The Bertz CT molecular complexity index is 118. The van der Waals surface area contributed by atoms with Gasteiger partial charge in [-0.3, -0.25) is 0 Å². The van der Waals surface area contributed by atoms with E-state index in [9.17, 15) is 8.78 Å². The van der Waals surface area contributed by atoms with Crippen molar-refractivity contribution in [3.8, 4) is 0 Å². The minimum atomic E-state index is -2.63. The molecule has 2 unspecified atom stereocenters. The fraction of sp³-hybridized carbons (Fsp3) is 1.00. The van der Waals surface area contributed by atoms with E-state index >= 15 is 0 Å². The Hall–Kier alpha value is -0.180. The van der Waals surface area contributed by atoms with Crippen molar-refractivity contribution in [3.05, 3.63) is 0 Å². The van der Waals surface area contributed by atoms with Gasteiger partial charge in [-0.05, 0) is 11.3 Å². The third kappa shape index (κ3) is 3.14. The topological polar surface area (TPSA) is 20.2 Å². The van der Waals surface area contributed by atoms with Gasteiger partial charge >= 0.3 is 0 Å². The van der Waals surface area contributed by atoms with Gasteiger partial charge in [-0.2, -0.15) is 0 Å². The standard InChI is InChI=1S/C8H16F2O/c1-5(8(2,3)4)6(11)7(9)10/h5-7,11H,1-4H3. The molecule has 0 bridgehead atoms. The predicted octanol–water partition coefficient (Wildman–Crippen LogP) is 2.29. The molecule has 1 N–H and O–H groups in total. The number of aliphatic hydroxyl groups is 1. The zero-order valence-corrected chi connectivity index (χ0v) is 7.44. The normalized spacial score (nSPS) is 18.5. The Morgan fingerprint density at radius 1 is 1.18 bits per heavy atom. The zero-order chi connectivity index (χ0) is 9.23. The number of aliphatic hydroxyl groups excluding tert-OH is 1. The molecule has 0 radical (unpaired) electrons. The molecule has 11 heavy (non-hydrogen) atoms. The molecule has 0 aliphatic carbocycles. The summed E-state index contributed by atoms with van der Waals surface area (Å²) in [6.45, 7) is 7.15. The molecule has 0 aromatic rings. The van der Waals surface area contributed by atoms with Crippen molar-refractivity contribution in [2.24, 2.45) is 11.3 Å². The van der Waals surface area contributed by atoms with Gasteiger partial charge in [0, 0.05) is 0 Å². The minimum absolute atomic E-state index is 0.268. The van der Waals surface area contributed by atoms with E-state index in [-0.39, 0.29) is 11.3 Å². The third-order valence-electron chi connectivity index (χ3n) is 2.14. The van der Waals surface area contributed by atoms with Crippen LogP contribution in [0.1, 0.15) is 27.7 Å². The highest BCUT2D eigenvalue weighted by Crippen LogP contribution is 2.30. The number of hydrogen-bond acceptors (Lipinski definition) is 1. The van der Waals surface area contributed by atoms with Gasteiger partial charge in [0.25, 0.3) is 6.43 Å². The number of rotatable bonds is 2. The monoisotopic (exact) mass is 166 g/mol. The van der Waals surface area contributed by atoms with Crippen molar-refractivity contribution in [2.45, 2.75) is 40.2 Å². The molecule has 0 heterocycles. The molecule has 0 rings (SSSR count). The van der Waals surface area contributed by atoms with Crippen LogP contribution >= 0.6 is 0 Å². The molecule has 0 aromatic heterocycles.